The van der Waals surface area contributed by atoms with Gasteiger partial charge in [0.15, 0.2) is 11.5 Å². The quantitative estimate of drug-likeness (QED) is 0.823. The van der Waals surface area contributed by atoms with Gasteiger partial charge in [-0.15, -0.1) is 0 Å². The number of rotatable bonds is 5. The van der Waals surface area contributed by atoms with Gasteiger partial charge in [-0.2, -0.15) is 0 Å². The van der Waals surface area contributed by atoms with E-state index in [1.165, 1.54) is 37.9 Å². The minimum Gasteiger partial charge on any atom is -0.486 e. The van der Waals surface area contributed by atoms with Crippen LogP contribution in [-0.2, 0) is 13.1 Å². The highest BCUT2D eigenvalue weighted by atomic mass is 35.5. The van der Waals surface area contributed by atoms with E-state index in [1.807, 2.05) is 0 Å². The predicted octanol–water partition coefficient (Wildman–Crippen LogP) is 4.03. The molecule has 2 aromatic carbocycles. The first-order valence-electron chi connectivity index (χ1n) is 9.86. The lowest BCUT2D eigenvalue weighted by Crippen LogP contribution is -2.29. The van der Waals surface area contributed by atoms with E-state index in [0.717, 1.165) is 12.1 Å². The van der Waals surface area contributed by atoms with E-state index >= 15 is 0 Å². The molecule has 0 spiro atoms. The average Bonchev–Trinajstić information content (AvgIpc) is 2.74. The molecule has 0 unspecified atom stereocenters. The molecule has 1 fully saturated rings. The van der Waals surface area contributed by atoms with E-state index in [4.69, 9.17) is 21.1 Å². The first kappa shape index (κ1) is 19.1. The molecule has 5 nitrogen and oxygen atoms in total. The molecular formula is C22H25ClN2O3. The summed E-state index contributed by atoms with van der Waals surface area (Å²) in [5, 5.41) is 3.34. The van der Waals surface area contributed by atoms with Crippen LogP contribution in [0.4, 0.5) is 0 Å². The molecule has 2 aromatic rings. The van der Waals surface area contributed by atoms with Crippen LogP contribution in [-0.4, -0.2) is 37.1 Å². The Morgan fingerprint density at radius 3 is 2.50 bits per heavy atom. The number of ether oxygens (including phenoxy) is 2. The van der Waals surface area contributed by atoms with Gasteiger partial charge in [0.1, 0.15) is 13.2 Å². The van der Waals surface area contributed by atoms with Gasteiger partial charge in [-0.05, 0) is 49.2 Å². The fourth-order valence-corrected chi connectivity index (χ4v) is 3.93. The molecule has 1 saturated heterocycles. The second-order valence-electron chi connectivity index (χ2n) is 7.32. The van der Waals surface area contributed by atoms with Gasteiger partial charge < -0.3 is 14.8 Å². The van der Waals surface area contributed by atoms with E-state index in [1.54, 1.807) is 12.1 Å². The van der Waals surface area contributed by atoms with Gasteiger partial charge in [0, 0.05) is 18.7 Å². The molecule has 0 aliphatic carbocycles. The van der Waals surface area contributed by atoms with E-state index in [0.29, 0.717) is 41.8 Å². The molecule has 0 bridgehead atoms. The molecule has 28 heavy (non-hydrogen) atoms. The van der Waals surface area contributed by atoms with Crippen molar-refractivity contribution >= 4 is 17.5 Å². The summed E-state index contributed by atoms with van der Waals surface area (Å²) in [4.78, 5) is 15.0. The first-order valence-corrected chi connectivity index (χ1v) is 10.2. The largest absolute Gasteiger partial charge is 0.486 e. The summed E-state index contributed by atoms with van der Waals surface area (Å²) in [6.45, 7) is 4.77. The number of carbonyl (C=O) groups excluding carboxylic acids is 1. The molecule has 0 saturated carbocycles. The number of nitrogens with zero attached hydrogens (tertiary/aromatic N) is 1. The number of hydrogen-bond acceptors (Lipinski definition) is 4. The van der Waals surface area contributed by atoms with E-state index < -0.39 is 0 Å². The van der Waals surface area contributed by atoms with Crippen LogP contribution >= 0.6 is 11.6 Å². The van der Waals surface area contributed by atoms with Crippen LogP contribution in [0.15, 0.2) is 36.4 Å². The van der Waals surface area contributed by atoms with Gasteiger partial charge in [-0.3, -0.25) is 9.69 Å². The van der Waals surface area contributed by atoms with Crippen molar-refractivity contribution in [2.75, 3.05) is 26.3 Å². The molecule has 4 rings (SSSR count). The molecule has 2 aliphatic heterocycles. The highest BCUT2D eigenvalue weighted by Crippen LogP contribution is 2.38. The van der Waals surface area contributed by atoms with Crippen molar-refractivity contribution in [2.45, 2.75) is 32.4 Å². The highest BCUT2D eigenvalue weighted by Gasteiger charge is 2.19. The number of piperidine rings is 1. The minimum absolute atomic E-state index is 0.184. The van der Waals surface area contributed by atoms with Crippen LogP contribution in [0.2, 0.25) is 5.02 Å². The summed E-state index contributed by atoms with van der Waals surface area (Å²) in [7, 11) is 0. The van der Waals surface area contributed by atoms with Crippen molar-refractivity contribution in [3.8, 4) is 11.5 Å². The van der Waals surface area contributed by atoms with Gasteiger partial charge in [0.05, 0.1) is 5.02 Å². The van der Waals surface area contributed by atoms with E-state index in [2.05, 4.69) is 34.5 Å². The molecular weight excluding hydrogens is 376 g/mol. The Bertz CT molecular complexity index is 832. The normalized spacial score (nSPS) is 16.6. The summed E-state index contributed by atoms with van der Waals surface area (Å²) < 4.78 is 11.0. The lowest BCUT2D eigenvalue weighted by Gasteiger charge is -2.26. The van der Waals surface area contributed by atoms with Crippen molar-refractivity contribution in [3.05, 3.63) is 58.1 Å². The Labute approximate surface area is 170 Å². The Hall–Kier alpha value is -2.24. The molecule has 0 radical (unpaired) electrons. The second-order valence-corrected chi connectivity index (χ2v) is 7.73. The molecule has 1 amide bonds. The van der Waals surface area contributed by atoms with Crippen molar-refractivity contribution in [1.29, 1.82) is 0 Å². The zero-order chi connectivity index (χ0) is 19.3. The average molecular weight is 401 g/mol. The third kappa shape index (κ3) is 4.59. The number of carbonyl (C=O) groups is 1. The van der Waals surface area contributed by atoms with Gasteiger partial charge in [-0.1, -0.05) is 42.3 Å². The molecule has 2 aliphatic rings. The Morgan fingerprint density at radius 1 is 1.00 bits per heavy atom. The molecule has 0 atom stereocenters. The maximum absolute atomic E-state index is 12.5. The van der Waals surface area contributed by atoms with Crippen molar-refractivity contribution in [3.63, 3.8) is 0 Å². The third-order valence-electron chi connectivity index (χ3n) is 5.19. The van der Waals surface area contributed by atoms with Crippen LogP contribution in [0.5, 0.6) is 11.5 Å². The fraction of sp³-hybridized carbons (Fsp3) is 0.409. The Kier molecular flexibility index (Phi) is 6.03. The molecule has 148 valence electrons. The van der Waals surface area contributed by atoms with Crippen LogP contribution in [0.3, 0.4) is 0 Å². The number of nitrogens with one attached hydrogen (secondary N) is 1. The van der Waals surface area contributed by atoms with Gasteiger partial charge in [0.25, 0.3) is 5.91 Å². The summed E-state index contributed by atoms with van der Waals surface area (Å²) in [5.41, 5.74) is 2.85. The maximum Gasteiger partial charge on any atom is 0.251 e. The maximum atomic E-state index is 12.5. The second kappa shape index (κ2) is 8.84. The highest BCUT2D eigenvalue weighted by molar-refractivity contribution is 6.32. The van der Waals surface area contributed by atoms with Gasteiger partial charge >= 0.3 is 0 Å². The number of likely N-dealkylation sites (tertiary alicyclic amines) is 1. The number of amides is 1. The van der Waals surface area contributed by atoms with Gasteiger partial charge in [-0.25, -0.2) is 0 Å². The summed E-state index contributed by atoms with van der Waals surface area (Å²) in [5.74, 6) is 0.844. The third-order valence-corrected chi connectivity index (χ3v) is 5.47. The van der Waals surface area contributed by atoms with Gasteiger partial charge in [0.2, 0.25) is 0 Å². The number of hydrogen-bond donors (Lipinski definition) is 1. The van der Waals surface area contributed by atoms with Crippen LogP contribution in [0.25, 0.3) is 0 Å². The smallest absolute Gasteiger partial charge is 0.251 e. The zero-order valence-electron chi connectivity index (χ0n) is 15.9. The van der Waals surface area contributed by atoms with Crippen LogP contribution in [0, 0.1) is 0 Å². The lowest BCUT2D eigenvalue weighted by molar-refractivity contribution is 0.0949. The topological polar surface area (TPSA) is 50.8 Å². The SMILES string of the molecule is O=C(NCc1ccc(CN2CCCCC2)cc1)c1cc(Cl)c2c(c1)OCCO2. The van der Waals surface area contributed by atoms with E-state index in [-0.39, 0.29) is 5.91 Å². The predicted molar refractivity (Wildman–Crippen MR) is 109 cm³/mol. The summed E-state index contributed by atoms with van der Waals surface area (Å²) in [6, 6.07) is 11.8. The number of fused-ring (bicyclic) bond motifs is 1. The van der Waals surface area contributed by atoms with E-state index in [9.17, 15) is 4.79 Å². The molecule has 1 N–H and O–H groups in total. The zero-order valence-corrected chi connectivity index (χ0v) is 16.6. The van der Waals surface area contributed by atoms with Crippen molar-refractivity contribution in [1.82, 2.24) is 10.2 Å². The fourth-order valence-electron chi connectivity index (χ4n) is 3.66. The molecule has 2 heterocycles. The molecule has 6 heteroatoms. The van der Waals surface area contributed by atoms with Crippen LogP contribution in [0.1, 0.15) is 40.7 Å². The Morgan fingerprint density at radius 2 is 1.71 bits per heavy atom. The number of benzene rings is 2. The standard InChI is InChI=1S/C22H25ClN2O3/c23-19-12-18(13-20-21(19)28-11-10-27-20)22(26)24-14-16-4-6-17(7-5-16)15-25-8-2-1-3-9-25/h4-7,12-13H,1-3,8-11,14-15H2,(H,24,26). The minimum atomic E-state index is -0.184. The first-order chi connectivity index (χ1) is 13.7. The van der Waals surface area contributed by atoms with Crippen molar-refractivity contribution < 1.29 is 14.3 Å². The van der Waals surface area contributed by atoms with Crippen LogP contribution < -0.4 is 14.8 Å². The lowest BCUT2D eigenvalue weighted by atomic mass is 10.1. The monoisotopic (exact) mass is 400 g/mol. The number of halogens is 1. The summed E-state index contributed by atoms with van der Waals surface area (Å²) in [6.07, 6.45) is 3.95. The summed E-state index contributed by atoms with van der Waals surface area (Å²) >= 11 is 6.22. The Balaban J connectivity index is 1.34. The molecule has 0 aromatic heterocycles. The van der Waals surface area contributed by atoms with Crippen molar-refractivity contribution in [2.24, 2.45) is 0 Å².